The molecule has 0 spiro atoms. The number of hydrogen-bond acceptors (Lipinski definition) is 3. The van der Waals surface area contributed by atoms with Gasteiger partial charge in [-0.2, -0.15) is 0 Å². The smallest absolute Gasteiger partial charge is 0.306 e. The molecule has 0 amide bonds. The summed E-state index contributed by atoms with van der Waals surface area (Å²) in [5.41, 5.74) is -0.381. The molecule has 0 fully saturated rings. The molecule has 0 rings (SSSR count). The van der Waals surface area contributed by atoms with E-state index in [1.54, 1.807) is 0 Å². The summed E-state index contributed by atoms with van der Waals surface area (Å²) >= 11 is 0. The first-order valence-corrected chi connectivity index (χ1v) is 7.63. The van der Waals surface area contributed by atoms with Crippen molar-refractivity contribution in [3.8, 4) is 0 Å². The zero-order valence-electron chi connectivity index (χ0n) is 14.1. The molecule has 0 aromatic rings. The van der Waals surface area contributed by atoms with E-state index in [9.17, 15) is 4.79 Å². The molecule has 0 unspecified atom stereocenters. The highest BCUT2D eigenvalue weighted by Crippen LogP contribution is 2.10. The number of rotatable bonds is 8. The van der Waals surface area contributed by atoms with E-state index in [4.69, 9.17) is 4.74 Å². The Morgan fingerprint density at radius 3 is 2.10 bits per heavy atom. The number of guanidine groups is 1. The fourth-order valence-corrected chi connectivity index (χ4v) is 1.65. The van der Waals surface area contributed by atoms with E-state index in [-0.39, 0.29) is 35.5 Å². The molecular formula is C15H32IN3O2. The number of aliphatic imine (C=N–C) groups is 1. The van der Waals surface area contributed by atoms with Crippen LogP contribution in [-0.2, 0) is 9.53 Å². The predicted molar refractivity (Wildman–Crippen MR) is 99.4 cm³/mol. The Morgan fingerprint density at radius 2 is 1.62 bits per heavy atom. The Kier molecular flexibility index (Phi) is 14.2. The van der Waals surface area contributed by atoms with Gasteiger partial charge in [-0.3, -0.25) is 9.79 Å². The molecule has 0 atom stereocenters. The lowest BCUT2D eigenvalue weighted by Gasteiger charge is -2.19. The quantitative estimate of drug-likeness (QED) is 0.211. The highest BCUT2D eigenvalue weighted by Gasteiger charge is 2.15. The molecule has 6 heteroatoms. The van der Waals surface area contributed by atoms with E-state index < -0.39 is 0 Å². The van der Waals surface area contributed by atoms with Crippen LogP contribution in [0.3, 0.4) is 0 Å². The minimum atomic E-state index is -0.381. The second-order valence-corrected chi connectivity index (χ2v) is 5.69. The van der Waals surface area contributed by atoms with Gasteiger partial charge in [0.2, 0.25) is 0 Å². The zero-order chi connectivity index (χ0) is 15.4. The van der Waals surface area contributed by atoms with Gasteiger partial charge in [-0.1, -0.05) is 6.42 Å². The largest absolute Gasteiger partial charge is 0.460 e. The molecule has 0 aliphatic carbocycles. The molecule has 0 aromatic heterocycles. The minimum absolute atomic E-state index is 0. The summed E-state index contributed by atoms with van der Waals surface area (Å²) in [4.78, 5) is 16.0. The van der Waals surface area contributed by atoms with E-state index in [1.165, 1.54) is 0 Å². The van der Waals surface area contributed by atoms with Crippen LogP contribution in [0, 0.1) is 0 Å². The number of ether oxygens (including phenoxy) is 1. The van der Waals surface area contributed by atoms with Crippen LogP contribution in [0.25, 0.3) is 0 Å². The molecule has 0 bridgehead atoms. The van der Waals surface area contributed by atoms with Crippen molar-refractivity contribution in [2.45, 2.75) is 65.9 Å². The van der Waals surface area contributed by atoms with E-state index in [1.807, 2.05) is 34.6 Å². The van der Waals surface area contributed by atoms with Gasteiger partial charge in [0.15, 0.2) is 5.96 Å². The highest BCUT2D eigenvalue weighted by molar-refractivity contribution is 14.0. The van der Waals surface area contributed by atoms with E-state index in [0.717, 1.165) is 44.9 Å². The molecule has 126 valence electrons. The molecule has 21 heavy (non-hydrogen) atoms. The van der Waals surface area contributed by atoms with Crippen molar-refractivity contribution in [1.29, 1.82) is 0 Å². The van der Waals surface area contributed by atoms with Crippen LogP contribution in [0.4, 0.5) is 0 Å². The van der Waals surface area contributed by atoms with Gasteiger partial charge < -0.3 is 15.4 Å². The monoisotopic (exact) mass is 413 g/mol. The number of halogens is 1. The van der Waals surface area contributed by atoms with Gasteiger partial charge in [0.1, 0.15) is 5.60 Å². The van der Waals surface area contributed by atoms with Gasteiger partial charge >= 0.3 is 5.97 Å². The average Bonchev–Trinajstić information content (AvgIpc) is 2.31. The second kappa shape index (κ2) is 13.2. The number of hydrogen-bond donors (Lipinski definition) is 2. The Labute approximate surface area is 146 Å². The van der Waals surface area contributed by atoms with E-state index >= 15 is 0 Å². The maximum Gasteiger partial charge on any atom is 0.306 e. The van der Waals surface area contributed by atoms with E-state index in [0.29, 0.717) is 6.42 Å². The summed E-state index contributed by atoms with van der Waals surface area (Å²) in [6.45, 7) is 12.3. The summed E-state index contributed by atoms with van der Waals surface area (Å²) in [5, 5.41) is 6.37. The standard InChI is InChI=1S/C15H31N3O2.HI/c1-6-16-14(17-7-2)18-12-10-8-9-11-13(19)20-15(3,4)5;/h6-12H2,1-5H3,(H2,16,17,18);1H. The lowest BCUT2D eigenvalue weighted by atomic mass is 10.1. The van der Waals surface area contributed by atoms with Crippen LogP contribution >= 0.6 is 24.0 Å². The summed E-state index contributed by atoms with van der Waals surface area (Å²) in [6.07, 6.45) is 3.34. The third kappa shape index (κ3) is 15.7. The summed E-state index contributed by atoms with van der Waals surface area (Å²) in [7, 11) is 0. The lowest BCUT2D eigenvalue weighted by Crippen LogP contribution is -2.37. The number of unbranched alkanes of at least 4 members (excludes halogenated alkanes) is 2. The number of nitrogens with one attached hydrogen (secondary N) is 2. The molecule has 0 aromatic carbocycles. The van der Waals surface area contributed by atoms with Crippen LogP contribution in [0.5, 0.6) is 0 Å². The van der Waals surface area contributed by atoms with Crippen LogP contribution in [-0.4, -0.2) is 37.2 Å². The molecule has 0 heterocycles. The highest BCUT2D eigenvalue weighted by atomic mass is 127. The Hall–Kier alpha value is -0.530. The molecule has 0 aliphatic heterocycles. The maximum atomic E-state index is 11.5. The van der Waals surface area contributed by atoms with Crippen molar-refractivity contribution in [3.05, 3.63) is 0 Å². The van der Waals surface area contributed by atoms with E-state index in [2.05, 4.69) is 15.6 Å². The van der Waals surface area contributed by atoms with Crippen molar-refractivity contribution in [2.75, 3.05) is 19.6 Å². The molecular weight excluding hydrogens is 381 g/mol. The Morgan fingerprint density at radius 1 is 1.05 bits per heavy atom. The fourth-order valence-electron chi connectivity index (χ4n) is 1.65. The van der Waals surface area contributed by atoms with Gasteiger partial charge in [-0.25, -0.2) is 0 Å². The minimum Gasteiger partial charge on any atom is -0.460 e. The second-order valence-electron chi connectivity index (χ2n) is 5.69. The predicted octanol–water partition coefficient (Wildman–Crippen LogP) is 3.08. The molecule has 5 nitrogen and oxygen atoms in total. The average molecular weight is 413 g/mol. The molecule has 0 saturated heterocycles. The fraction of sp³-hybridized carbons (Fsp3) is 0.867. The first-order chi connectivity index (χ1) is 9.39. The number of carbonyl (C=O) groups excluding carboxylic acids is 1. The van der Waals surface area contributed by atoms with Crippen LogP contribution in [0.2, 0.25) is 0 Å². The molecule has 0 radical (unpaired) electrons. The first-order valence-electron chi connectivity index (χ1n) is 7.63. The van der Waals surface area contributed by atoms with Crippen molar-refractivity contribution < 1.29 is 9.53 Å². The van der Waals surface area contributed by atoms with Crippen molar-refractivity contribution >= 4 is 35.9 Å². The number of nitrogens with zero attached hydrogens (tertiary/aromatic N) is 1. The van der Waals surface area contributed by atoms with Gasteiger partial charge in [-0.05, 0) is 47.5 Å². The van der Waals surface area contributed by atoms with Gasteiger partial charge in [0.05, 0.1) is 0 Å². The number of esters is 1. The Bertz CT molecular complexity index is 294. The van der Waals surface area contributed by atoms with Crippen LogP contribution < -0.4 is 10.6 Å². The third-order valence-corrected chi connectivity index (χ3v) is 2.42. The van der Waals surface area contributed by atoms with Gasteiger partial charge in [0.25, 0.3) is 0 Å². The Balaban J connectivity index is 0. The summed E-state index contributed by atoms with van der Waals surface area (Å²) in [5.74, 6) is 0.754. The zero-order valence-corrected chi connectivity index (χ0v) is 16.5. The molecule has 2 N–H and O–H groups in total. The van der Waals surface area contributed by atoms with Crippen molar-refractivity contribution in [1.82, 2.24) is 10.6 Å². The maximum absolute atomic E-state index is 11.5. The molecule has 0 saturated carbocycles. The topological polar surface area (TPSA) is 62.7 Å². The lowest BCUT2D eigenvalue weighted by molar-refractivity contribution is -0.154. The van der Waals surface area contributed by atoms with Crippen molar-refractivity contribution in [2.24, 2.45) is 4.99 Å². The van der Waals surface area contributed by atoms with Crippen molar-refractivity contribution in [3.63, 3.8) is 0 Å². The van der Waals surface area contributed by atoms with Crippen LogP contribution in [0.15, 0.2) is 4.99 Å². The van der Waals surface area contributed by atoms with Crippen LogP contribution in [0.1, 0.15) is 60.3 Å². The number of carbonyl (C=O) groups is 1. The van der Waals surface area contributed by atoms with Gasteiger partial charge in [0, 0.05) is 26.1 Å². The normalized spacial score (nSPS) is 10.3. The summed E-state index contributed by atoms with van der Waals surface area (Å²) < 4.78 is 5.26. The molecule has 0 aliphatic rings. The third-order valence-electron chi connectivity index (χ3n) is 2.42. The SMILES string of the molecule is CCNC(=NCCCCCC(=O)OC(C)(C)C)NCC.I. The van der Waals surface area contributed by atoms with Gasteiger partial charge in [-0.15, -0.1) is 24.0 Å². The first kappa shape index (κ1) is 22.7. The summed E-state index contributed by atoms with van der Waals surface area (Å²) in [6, 6.07) is 0.